The fourth-order valence-corrected chi connectivity index (χ4v) is 0. The van der Waals surface area contributed by atoms with E-state index in [4.69, 9.17) is 14.7 Å². The molecule has 3 N–H and O–H groups in total. The first kappa shape index (κ1) is 22.5. The van der Waals surface area contributed by atoms with Crippen LogP contribution in [-0.4, -0.2) is 75.5 Å². The van der Waals surface area contributed by atoms with Crippen LogP contribution in [0.25, 0.3) is 0 Å². The predicted octanol–water partition coefficient (Wildman–Crippen LogP) is -1.12. The Morgan fingerprint density at radius 2 is 1.14 bits per heavy atom. The van der Waals surface area contributed by atoms with Crippen LogP contribution in [0.5, 0.6) is 0 Å². The Morgan fingerprint density at radius 1 is 1.14 bits per heavy atom. The molecule has 0 fully saturated rings. The predicted molar refractivity (Wildman–Crippen MR) is 29.5 cm³/mol. The molecule has 0 aliphatic rings. The van der Waals surface area contributed by atoms with Crippen LogP contribution in [0.3, 0.4) is 0 Å². The van der Waals surface area contributed by atoms with Gasteiger partial charge in [-0.25, -0.2) is 0 Å². The third-order valence-corrected chi connectivity index (χ3v) is 0. The first-order chi connectivity index (χ1) is 1.73. The van der Waals surface area contributed by atoms with Crippen LogP contribution in [0.15, 0.2) is 0 Å². The molecule has 0 aliphatic carbocycles. The smallest absolute Gasteiger partial charge is 1.00 e. The molecule has 0 saturated heterocycles. The maximum absolute atomic E-state index is 7.23. The van der Waals surface area contributed by atoms with E-state index in [2.05, 4.69) is 0 Å². The van der Waals surface area contributed by atoms with Crippen LogP contribution in [0.4, 0.5) is 0 Å². The van der Waals surface area contributed by atoms with Gasteiger partial charge in [-0.1, -0.05) is 0 Å². The van der Waals surface area contributed by atoms with Gasteiger partial charge in [-0.15, -0.1) is 0 Å². The van der Waals surface area contributed by atoms with Crippen molar-refractivity contribution in [2.45, 2.75) is 0 Å². The zero-order valence-corrected chi connectivity index (χ0v) is 11.4. The van der Waals surface area contributed by atoms with Crippen LogP contribution < -0.4 is 0 Å². The Kier molecular flexibility index (Phi) is 51.4. The molecule has 0 aliphatic heterocycles. The van der Waals surface area contributed by atoms with E-state index >= 15 is 0 Å². The average molecular weight is 216 g/mol. The van der Waals surface area contributed by atoms with Crippen molar-refractivity contribution >= 4 is 69.4 Å². The summed E-state index contributed by atoms with van der Waals surface area (Å²) in [6.07, 6.45) is 0. The number of hydrogen-bond donors (Lipinski definition) is 3. The molecule has 3 nitrogen and oxygen atoms in total. The zero-order valence-electron chi connectivity index (χ0n) is 7.91. The molecule has 0 aromatic carbocycles. The van der Waals surface area contributed by atoms with E-state index in [0.29, 0.717) is 0 Å². The van der Waals surface area contributed by atoms with E-state index in [0.717, 1.165) is 0 Å². The summed E-state index contributed by atoms with van der Waals surface area (Å²) in [6.45, 7) is 0. The Morgan fingerprint density at radius 3 is 1.14 bits per heavy atom. The Bertz CT molecular complexity index is 30.1. The monoisotopic (exact) mass is 214 g/mol. The van der Waals surface area contributed by atoms with Gasteiger partial charge in [0.15, 0.2) is 0 Å². The van der Waals surface area contributed by atoms with Crippen molar-refractivity contribution < 1.29 is 39.9 Å². The molecule has 0 rings (SSSR count). The molecule has 0 heterocycles. The molecule has 0 aromatic rings. The van der Waals surface area contributed by atoms with Crippen molar-refractivity contribution in [1.82, 2.24) is 0 Å². The van der Waals surface area contributed by atoms with Crippen molar-refractivity contribution in [3.05, 3.63) is 0 Å². The van der Waals surface area contributed by atoms with Crippen LogP contribution >= 0.6 is 8.60 Å². The molecular formula is H7CaMgO3PZn. The molecule has 0 spiro atoms. The number of hydrogen-bond acceptors (Lipinski definition) is 3. The second kappa shape index (κ2) is 16.0. The fourth-order valence-electron chi connectivity index (χ4n) is 0. The SMILES string of the molecule is OP(O)O.[Ca+2].[H-].[H-].[H-].[H-].[Mg+2].[Zn]. The molecule has 0 atom stereocenters. The molecule has 0 amide bonds. The van der Waals surface area contributed by atoms with Crippen LogP contribution in [0.2, 0.25) is 0 Å². The largest absolute Gasteiger partial charge is 2.00 e. The summed E-state index contributed by atoms with van der Waals surface area (Å²) in [5.41, 5.74) is 0. The maximum atomic E-state index is 7.23. The molecule has 0 unspecified atom stereocenters. The molecule has 0 radical (unpaired) electrons. The van der Waals surface area contributed by atoms with Gasteiger partial charge in [-0.2, -0.15) is 0 Å². The van der Waals surface area contributed by atoms with E-state index in [-0.39, 0.29) is 86.0 Å². The summed E-state index contributed by atoms with van der Waals surface area (Å²) in [4.78, 5) is 21.7. The second-order valence-electron chi connectivity index (χ2n) is 0.268. The third-order valence-electron chi connectivity index (χ3n) is 0. The van der Waals surface area contributed by atoms with E-state index in [9.17, 15) is 0 Å². The molecule has 0 aromatic heterocycles. The van der Waals surface area contributed by atoms with Crippen molar-refractivity contribution in [3.8, 4) is 0 Å². The van der Waals surface area contributed by atoms with Gasteiger partial charge in [0.05, 0.1) is 0 Å². The topological polar surface area (TPSA) is 60.7 Å². The summed E-state index contributed by atoms with van der Waals surface area (Å²) < 4.78 is 0. The van der Waals surface area contributed by atoms with Gasteiger partial charge < -0.3 is 20.4 Å². The van der Waals surface area contributed by atoms with Crippen molar-refractivity contribution in [3.63, 3.8) is 0 Å². The van der Waals surface area contributed by atoms with E-state index in [1.165, 1.54) is 0 Å². The molecule has 36 valence electrons. The van der Waals surface area contributed by atoms with Gasteiger partial charge in [-0.3, -0.25) is 0 Å². The fraction of sp³-hybridized carbons (Fsp3) is 0. The molecule has 7 heavy (non-hydrogen) atoms. The molecular weight excluding hydrogens is 209 g/mol. The van der Waals surface area contributed by atoms with Crippen molar-refractivity contribution in [2.24, 2.45) is 0 Å². The second-order valence-corrected chi connectivity index (χ2v) is 0.805. The van der Waals surface area contributed by atoms with Gasteiger partial charge in [-0.05, 0) is 0 Å². The summed E-state index contributed by atoms with van der Waals surface area (Å²) in [7, 11) is -2.62. The van der Waals surface area contributed by atoms with E-state index in [1.807, 2.05) is 0 Å². The van der Waals surface area contributed by atoms with Crippen LogP contribution in [0.1, 0.15) is 5.71 Å². The van der Waals surface area contributed by atoms with Gasteiger partial charge in [0.1, 0.15) is 0 Å². The quantitative estimate of drug-likeness (QED) is 0.354. The van der Waals surface area contributed by atoms with Gasteiger partial charge >= 0.3 is 69.4 Å². The van der Waals surface area contributed by atoms with Crippen molar-refractivity contribution in [2.75, 3.05) is 0 Å². The van der Waals surface area contributed by atoms with Gasteiger partial charge in [0, 0.05) is 19.5 Å². The molecule has 0 bridgehead atoms. The summed E-state index contributed by atoms with van der Waals surface area (Å²) in [5, 5.41) is 0. The third kappa shape index (κ3) is 49.5. The van der Waals surface area contributed by atoms with Crippen LogP contribution in [-0.2, 0) is 19.5 Å². The zero-order chi connectivity index (χ0) is 3.58. The van der Waals surface area contributed by atoms with Gasteiger partial charge in [0.25, 0.3) is 0 Å². The Balaban J connectivity index is -0.00000000214. The minimum Gasteiger partial charge on any atom is -1.00 e. The minimum absolute atomic E-state index is 0. The summed E-state index contributed by atoms with van der Waals surface area (Å²) >= 11 is 0. The summed E-state index contributed by atoms with van der Waals surface area (Å²) in [5.74, 6) is 0. The van der Waals surface area contributed by atoms with Crippen LogP contribution in [0, 0.1) is 0 Å². The van der Waals surface area contributed by atoms with Crippen molar-refractivity contribution in [1.29, 1.82) is 0 Å². The first-order valence-electron chi connectivity index (χ1n) is 0.600. The van der Waals surface area contributed by atoms with Gasteiger partial charge in [0.2, 0.25) is 0 Å². The first-order valence-corrected chi connectivity index (χ1v) is 1.80. The standard InChI is InChI=1S/Ca.Mg.H3O3P.Zn.4H/c;;1-4(2)3;;;;;/h;;1-3H;;;;;/q2*+2;;;4*-1. The van der Waals surface area contributed by atoms with E-state index < -0.39 is 8.60 Å². The number of rotatable bonds is 0. The Labute approximate surface area is 108 Å². The summed E-state index contributed by atoms with van der Waals surface area (Å²) in [6, 6.07) is 0. The Hall–Kier alpha value is 2.96. The normalized spacial score (nSPS) is 5.14. The maximum Gasteiger partial charge on any atom is 2.00 e. The minimum atomic E-state index is -2.62. The molecule has 7 heteroatoms. The van der Waals surface area contributed by atoms with E-state index in [1.54, 1.807) is 0 Å². The average Bonchev–Trinajstić information content (AvgIpc) is 0.811. The molecule has 0 saturated carbocycles.